The zero-order chi connectivity index (χ0) is 23.6. The molecule has 2 fully saturated rings. The first-order valence-electron chi connectivity index (χ1n) is 10.8. The monoisotopic (exact) mass is 456 g/mol. The molecule has 0 unspecified atom stereocenters. The Morgan fingerprint density at radius 3 is 2.67 bits per heavy atom. The fourth-order valence-electron chi connectivity index (χ4n) is 5.53. The summed E-state index contributed by atoms with van der Waals surface area (Å²) < 4.78 is 35.4. The Bertz CT molecular complexity index is 1210. The average Bonchev–Trinajstić information content (AvgIpc) is 2.92. The molecule has 3 aromatic rings. The molecule has 2 aliphatic rings. The molecule has 1 aromatic carbocycles. The summed E-state index contributed by atoms with van der Waals surface area (Å²) in [6, 6.07) is 4.86. The average molecular weight is 456 g/mol. The molecule has 10 heteroatoms. The number of likely N-dealkylation sites (N-methyl/N-ethyl adjacent to an activating group) is 1. The van der Waals surface area contributed by atoms with Crippen LogP contribution in [0.5, 0.6) is 5.75 Å². The molecule has 0 amide bonds. The number of halogens is 2. The highest BCUT2D eigenvalue weighted by Gasteiger charge is 2.69. The Morgan fingerprint density at radius 2 is 1.97 bits per heavy atom. The molecule has 4 atom stereocenters. The van der Waals surface area contributed by atoms with E-state index in [0.717, 1.165) is 10.8 Å². The zero-order valence-corrected chi connectivity index (χ0v) is 18.9. The van der Waals surface area contributed by atoms with Gasteiger partial charge >= 0.3 is 0 Å². The van der Waals surface area contributed by atoms with Crippen LogP contribution in [0.3, 0.4) is 0 Å². The van der Waals surface area contributed by atoms with E-state index in [1.54, 1.807) is 52.5 Å². The predicted octanol–water partition coefficient (Wildman–Crippen LogP) is 3.16. The van der Waals surface area contributed by atoms with Crippen molar-refractivity contribution in [3.8, 4) is 17.1 Å². The van der Waals surface area contributed by atoms with Crippen molar-refractivity contribution in [3.63, 3.8) is 0 Å². The molecule has 2 bridgehead atoms. The standard InChI is InChI=1S/C23H26F2N6O2/c1-21-12-23(24,25)22(2,30-21)9-16(19(21)33-4)31(3)18-11-27-20(29-28-18)15-7-13-5-6-26-10-14(13)8-17(15)32/h5-8,10-11,16,19,30,32H,9,12H2,1-4H3/t16-,19+,21+,22+/m0/s1. The Morgan fingerprint density at radius 1 is 1.18 bits per heavy atom. The van der Waals surface area contributed by atoms with Crippen molar-refractivity contribution in [3.05, 3.63) is 36.8 Å². The van der Waals surface area contributed by atoms with Gasteiger partial charge in [-0.1, -0.05) is 0 Å². The quantitative estimate of drug-likeness (QED) is 0.618. The molecular weight excluding hydrogens is 430 g/mol. The van der Waals surface area contributed by atoms with Crippen molar-refractivity contribution in [1.29, 1.82) is 0 Å². The number of methoxy groups -OCH3 is 1. The van der Waals surface area contributed by atoms with Crippen LogP contribution in [0.2, 0.25) is 0 Å². The van der Waals surface area contributed by atoms with Crippen LogP contribution in [0, 0.1) is 0 Å². The van der Waals surface area contributed by atoms with E-state index in [4.69, 9.17) is 4.74 Å². The summed E-state index contributed by atoms with van der Waals surface area (Å²) in [5.74, 6) is -2.13. The number of aromatic nitrogens is 4. The second-order valence-corrected chi connectivity index (χ2v) is 9.53. The van der Waals surface area contributed by atoms with Crippen molar-refractivity contribution in [2.24, 2.45) is 0 Å². The molecule has 2 N–H and O–H groups in total. The van der Waals surface area contributed by atoms with Gasteiger partial charge in [-0.2, -0.15) is 0 Å². The van der Waals surface area contributed by atoms with E-state index in [-0.39, 0.29) is 30.5 Å². The van der Waals surface area contributed by atoms with Crippen LogP contribution < -0.4 is 10.2 Å². The van der Waals surface area contributed by atoms with Gasteiger partial charge in [0.2, 0.25) is 0 Å². The van der Waals surface area contributed by atoms with E-state index in [9.17, 15) is 13.9 Å². The van der Waals surface area contributed by atoms with E-state index >= 15 is 0 Å². The number of phenolic OH excluding ortho intramolecular Hbond substituents is 1. The molecule has 2 aliphatic heterocycles. The van der Waals surface area contributed by atoms with Crippen LogP contribution in [0.15, 0.2) is 36.8 Å². The number of anilines is 1. The van der Waals surface area contributed by atoms with Gasteiger partial charge in [-0.3, -0.25) is 10.3 Å². The predicted molar refractivity (Wildman–Crippen MR) is 119 cm³/mol. The summed E-state index contributed by atoms with van der Waals surface area (Å²) in [4.78, 5) is 10.3. The number of piperidine rings is 1. The van der Waals surface area contributed by atoms with Crippen molar-refractivity contribution in [2.45, 2.75) is 55.8 Å². The van der Waals surface area contributed by atoms with Crippen LogP contribution in [0.25, 0.3) is 22.2 Å². The van der Waals surface area contributed by atoms with Crippen LogP contribution in [0.1, 0.15) is 26.7 Å². The normalized spacial score (nSPS) is 30.5. The fourth-order valence-corrected chi connectivity index (χ4v) is 5.53. The summed E-state index contributed by atoms with van der Waals surface area (Å²) in [6.45, 7) is 3.35. The van der Waals surface area contributed by atoms with Gasteiger partial charge in [0, 0.05) is 38.4 Å². The summed E-state index contributed by atoms with van der Waals surface area (Å²) in [5, 5.41) is 23.8. The number of nitrogens with zero attached hydrogens (tertiary/aromatic N) is 5. The van der Waals surface area contributed by atoms with Crippen molar-refractivity contribution in [1.82, 2.24) is 25.5 Å². The lowest BCUT2D eigenvalue weighted by Crippen LogP contribution is -2.69. The number of alkyl halides is 2. The van der Waals surface area contributed by atoms with Gasteiger partial charge in [0.15, 0.2) is 11.6 Å². The van der Waals surface area contributed by atoms with E-state index in [0.29, 0.717) is 11.4 Å². The summed E-state index contributed by atoms with van der Waals surface area (Å²) in [7, 11) is 3.33. The lowest BCUT2D eigenvalue weighted by Gasteiger charge is -2.49. The van der Waals surface area contributed by atoms with Gasteiger partial charge in [-0.15, -0.1) is 10.2 Å². The molecule has 0 aliphatic carbocycles. The topological polar surface area (TPSA) is 96.3 Å². The first kappa shape index (κ1) is 21.8. The van der Waals surface area contributed by atoms with Gasteiger partial charge in [0.25, 0.3) is 5.92 Å². The second-order valence-electron chi connectivity index (χ2n) is 9.53. The van der Waals surface area contributed by atoms with Crippen LogP contribution >= 0.6 is 0 Å². The van der Waals surface area contributed by atoms with Crippen LogP contribution in [-0.2, 0) is 4.74 Å². The van der Waals surface area contributed by atoms with Crippen LogP contribution in [0.4, 0.5) is 14.6 Å². The highest BCUT2D eigenvalue weighted by molar-refractivity contribution is 5.88. The van der Waals surface area contributed by atoms with Crippen LogP contribution in [-0.4, -0.2) is 68.6 Å². The molecule has 174 valence electrons. The molecule has 8 nitrogen and oxygen atoms in total. The summed E-state index contributed by atoms with van der Waals surface area (Å²) >= 11 is 0. The minimum atomic E-state index is -2.86. The minimum absolute atomic E-state index is 0.0239. The Hall–Kier alpha value is -2.98. The zero-order valence-electron chi connectivity index (χ0n) is 18.9. The Labute approximate surface area is 190 Å². The number of phenols is 1. The Balaban J connectivity index is 1.46. The Kier molecular flexibility index (Phi) is 4.81. The largest absolute Gasteiger partial charge is 0.507 e. The lowest BCUT2D eigenvalue weighted by molar-refractivity contribution is -0.0621. The first-order chi connectivity index (χ1) is 15.6. The van der Waals surface area contributed by atoms with E-state index in [2.05, 4.69) is 25.5 Å². The van der Waals surface area contributed by atoms with Gasteiger partial charge in [0.05, 0.1) is 35.0 Å². The third kappa shape index (κ3) is 3.31. The number of nitrogens with one attached hydrogen (secondary N) is 1. The van der Waals surface area contributed by atoms with Crippen molar-refractivity contribution < 1.29 is 18.6 Å². The van der Waals surface area contributed by atoms with E-state index in [1.165, 1.54) is 6.20 Å². The first-order valence-corrected chi connectivity index (χ1v) is 10.8. The number of ether oxygens (including phenoxy) is 1. The highest BCUT2D eigenvalue weighted by atomic mass is 19.3. The third-order valence-electron chi connectivity index (χ3n) is 7.21. The molecular formula is C23H26F2N6O2. The van der Waals surface area contributed by atoms with E-state index < -0.39 is 23.1 Å². The number of hydrogen-bond donors (Lipinski definition) is 2. The maximum Gasteiger partial charge on any atom is 0.267 e. The molecule has 4 heterocycles. The SMILES string of the molecule is CO[C@@H]1[C@@H](N(C)c2cnc(-c3cc4ccncc4cc3O)nn2)C[C@@]2(C)N[C@]1(C)CC2(F)F. The number of pyridine rings is 1. The van der Waals surface area contributed by atoms with Crippen molar-refractivity contribution in [2.75, 3.05) is 19.1 Å². The third-order valence-corrected chi connectivity index (χ3v) is 7.21. The summed E-state index contributed by atoms with van der Waals surface area (Å²) in [6.07, 6.45) is 4.27. The van der Waals surface area contributed by atoms with Gasteiger partial charge in [-0.05, 0) is 43.9 Å². The number of rotatable bonds is 4. The van der Waals surface area contributed by atoms with Crippen molar-refractivity contribution >= 4 is 16.6 Å². The molecule has 2 aromatic heterocycles. The second kappa shape index (κ2) is 7.26. The maximum atomic E-state index is 14.9. The highest BCUT2D eigenvalue weighted by Crippen LogP contribution is 2.53. The smallest absolute Gasteiger partial charge is 0.267 e. The lowest BCUT2D eigenvalue weighted by atomic mass is 9.81. The molecule has 2 saturated heterocycles. The summed E-state index contributed by atoms with van der Waals surface area (Å²) in [5.41, 5.74) is -1.77. The maximum absolute atomic E-state index is 14.9. The minimum Gasteiger partial charge on any atom is -0.507 e. The van der Waals surface area contributed by atoms with Gasteiger partial charge in [-0.25, -0.2) is 13.8 Å². The molecule has 0 radical (unpaired) electrons. The molecule has 0 saturated carbocycles. The number of benzene rings is 1. The molecule has 0 spiro atoms. The fraction of sp³-hybridized carbons (Fsp3) is 0.478. The number of fused-ring (bicyclic) bond motifs is 3. The van der Waals surface area contributed by atoms with Gasteiger partial charge in [0.1, 0.15) is 5.75 Å². The number of aromatic hydroxyl groups is 1. The van der Waals surface area contributed by atoms with E-state index in [1.807, 2.05) is 11.0 Å². The molecule has 5 rings (SSSR count). The van der Waals surface area contributed by atoms with Gasteiger partial charge < -0.3 is 14.7 Å². The number of hydrogen-bond acceptors (Lipinski definition) is 8. The molecule has 33 heavy (non-hydrogen) atoms.